The lowest BCUT2D eigenvalue weighted by Gasteiger charge is -2.35. The number of nitrogens with zero attached hydrogens (tertiary/aromatic N) is 2. The van der Waals surface area contributed by atoms with E-state index in [1.165, 1.54) is 125 Å². The Balaban J connectivity index is 1.08. The number of thiophene rings is 2. The minimum atomic E-state index is 0.793. The fourth-order valence-corrected chi connectivity index (χ4v) is 11.2. The minimum absolute atomic E-state index is 0.793. The average molecular weight is 641 g/mol. The molecule has 2 aromatic heterocycles. The largest absolute Gasteiger partial charge is 0.371 e. The van der Waals surface area contributed by atoms with Crippen molar-refractivity contribution in [1.82, 2.24) is 0 Å². The van der Waals surface area contributed by atoms with Gasteiger partial charge in [-0.1, -0.05) is 52.0 Å². The van der Waals surface area contributed by atoms with Crippen LogP contribution in [0.4, 0.5) is 11.4 Å². The number of rotatable bonds is 4. The lowest BCUT2D eigenvalue weighted by atomic mass is 9.86. The summed E-state index contributed by atoms with van der Waals surface area (Å²) in [5.41, 5.74) is 2.77. The van der Waals surface area contributed by atoms with Crippen molar-refractivity contribution in [2.24, 2.45) is 23.7 Å². The summed E-state index contributed by atoms with van der Waals surface area (Å²) < 4.78 is 5.69. The second-order valence-electron chi connectivity index (χ2n) is 14.9. The van der Waals surface area contributed by atoms with Crippen molar-refractivity contribution in [3.05, 3.63) is 72.8 Å². The molecule has 7 aromatic rings. The average Bonchev–Trinajstić information content (AvgIpc) is 3.63. The van der Waals surface area contributed by atoms with Gasteiger partial charge >= 0.3 is 0 Å². The molecule has 46 heavy (non-hydrogen) atoms. The summed E-state index contributed by atoms with van der Waals surface area (Å²) in [5.74, 6) is 3.33. The molecular formula is C42H44N2S2. The van der Waals surface area contributed by atoms with Crippen LogP contribution < -0.4 is 9.80 Å². The highest BCUT2D eigenvalue weighted by atomic mass is 32.1. The van der Waals surface area contributed by atoms with E-state index in [9.17, 15) is 0 Å². The van der Waals surface area contributed by atoms with E-state index in [-0.39, 0.29) is 0 Å². The van der Waals surface area contributed by atoms with Gasteiger partial charge in [-0.15, -0.1) is 22.7 Å². The summed E-state index contributed by atoms with van der Waals surface area (Å²) in [6.45, 7) is 14.2. The third-order valence-corrected chi connectivity index (χ3v) is 14.2. The Morgan fingerprint density at radius 3 is 1.28 bits per heavy atom. The maximum Gasteiger partial charge on any atom is 0.0534 e. The van der Waals surface area contributed by atoms with Gasteiger partial charge in [-0.05, 0) is 119 Å². The summed E-state index contributed by atoms with van der Waals surface area (Å²) in [6, 6.07) is 28.9. The van der Waals surface area contributed by atoms with Crippen LogP contribution in [0.15, 0.2) is 72.8 Å². The van der Waals surface area contributed by atoms with Crippen LogP contribution in [0.3, 0.4) is 0 Å². The summed E-state index contributed by atoms with van der Waals surface area (Å²) in [6.07, 6.45) is 5.24. The fourth-order valence-electron chi connectivity index (χ4n) is 8.57. The lowest BCUT2D eigenvalue weighted by molar-refractivity contribution is 0.311. The Kier molecular flexibility index (Phi) is 6.98. The third-order valence-electron chi connectivity index (χ3n) is 11.7. The normalized spacial score (nSPS) is 17.4. The molecule has 9 rings (SSSR count). The van der Waals surface area contributed by atoms with Gasteiger partial charge in [-0.2, -0.15) is 0 Å². The number of fused-ring (bicyclic) bond motifs is 9. The SMILES string of the molecule is CC(C)C1CCN(c2ccc3cc4c(cc3c2)sc2c4ccc3c4cc5ccc(N6CCC(C(C)C)CC6)cc5cc4sc32)CC1. The van der Waals surface area contributed by atoms with Crippen LogP contribution in [0.1, 0.15) is 53.4 Å². The van der Waals surface area contributed by atoms with E-state index in [1.807, 2.05) is 22.7 Å². The van der Waals surface area contributed by atoms with Crippen molar-refractivity contribution in [2.45, 2.75) is 53.4 Å². The first-order valence-corrected chi connectivity index (χ1v) is 19.2. The third kappa shape index (κ3) is 4.78. The van der Waals surface area contributed by atoms with E-state index in [4.69, 9.17) is 0 Å². The second kappa shape index (κ2) is 11.1. The van der Waals surface area contributed by atoms with E-state index < -0.39 is 0 Å². The molecule has 4 heterocycles. The molecule has 0 atom stereocenters. The summed E-state index contributed by atoms with van der Waals surface area (Å²) >= 11 is 3.97. The van der Waals surface area contributed by atoms with Crippen LogP contribution in [0.5, 0.6) is 0 Å². The predicted molar refractivity (Wildman–Crippen MR) is 207 cm³/mol. The zero-order valence-corrected chi connectivity index (χ0v) is 29.2. The topological polar surface area (TPSA) is 6.48 Å². The van der Waals surface area contributed by atoms with Crippen molar-refractivity contribution in [1.29, 1.82) is 0 Å². The standard InChI is InChI=1S/C42H44N2S2/c1-25(2)27-11-15-43(16-12-27)33-7-5-29-21-37-35-9-10-36-38-22-30-6-8-34(44-17-13-28(14-18-44)26(3)4)20-32(30)24-40(38)46-42(36)41(35)45-39(37)23-31(29)19-33/h5-10,19-28H,11-18H2,1-4H3. The summed E-state index contributed by atoms with van der Waals surface area (Å²) in [5, 5.41) is 11.0. The molecule has 0 aliphatic carbocycles. The van der Waals surface area contributed by atoms with Crippen LogP contribution in [-0.2, 0) is 0 Å². The number of hydrogen-bond donors (Lipinski definition) is 0. The maximum atomic E-state index is 2.61. The predicted octanol–water partition coefficient (Wildman–Crippen LogP) is 12.5. The Morgan fingerprint density at radius 2 is 0.891 bits per heavy atom. The van der Waals surface area contributed by atoms with E-state index in [2.05, 4.69) is 110 Å². The molecule has 234 valence electrons. The van der Waals surface area contributed by atoms with Crippen molar-refractivity contribution < 1.29 is 0 Å². The molecular weight excluding hydrogens is 597 g/mol. The molecule has 2 nitrogen and oxygen atoms in total. The van der Waals surface area contributed by atoms with Crippen LogP contribution in [0, 0.1) is 23.7 Å². The van der Waals surface area contributed by atoms with E-state index in [0.717, 1.165) is 23.7 Å². The molecule has 0 spiro atoms. The molecule has 0 bridgehead atoms. The van der Waals surface area contributed by atoms with Gasteiger partial charge < -0.3 is 9.80 Å². The van der Waals surface area contributed by atoms with Crippen LogP contribution in [0.25, 0.3) is 61.9 Å². The van der Waals surface area contributed by atoms with Gasteiger partial charge in [0, 0.05) is 68.5 Å². The molecule has 5 aromatic carbocycles. The first-order chi connectivity index (χ1) is 22.4. The maximum absolute atomic E-state index is 2.61. The van der Waals surface area contributed by atoms with Crippen LogP contribution in [-0.4, -0.2) is 26.2 Å². The van der Waals surface area contributed by atoms with E-state index in [0.29, 0.717) is 0 Å². The molecule has 2 saturated heterocycles. The van der Waals surface area contributed by atoms with Gasteiger partial charge in [0.1, 0.15) is 0 Å². The Morgan fingerprint density at radius 1 is 0.478 bits per heavy atom. The van der Waals surface area contributed by atoms with Crippen molar-refractivity contribution >= 4 is 95.9 Å². The quantitative estimate of drug-likeness (QED) is 0.189. The van der Waals surface area contributed by atoms with Gasteiger partial charge in [-0.3, -0.25) is 0 Å². The zero-order chi connectivity index (χ0) is 31.1. The highest BCUT2D eigenvalue weighted by Crippen LogP contribution is 2.46. The summed E-state index contributed by atoms with van der Waals surface area (Å²) in [4.78, 5) is 5.21. The molecule has 0 N–H and O–H groups in total. The molecule has 0 unspecified atom stereocenters. The van der Waals surface area contributed by atoms with Gasteiger partial charge in [0.05, 0.1) is 9.40 Å². The van der Waals surface area contributed by atoms with Crippen LogP contribution >= 0.6 is 22.7 Å². The first-order valence-electron chi connectivity index (χ1n) is 17.6. The van der Waals surface area contributed by atoms with Crippen LogP contribution in [0.2, 0.25) is 0 Å². The van der Waals surface area contributed by atoms with Gasteiger partial charge in [0.2, 0.25) is 0 Å². The molecule has 0 amide bonds. The van der Waals surface area contributed by atoms with Crippen molar-refractivity contribution in [2.75, 3.05) is 36.0 Å². The fraction of sp³-hybridized carbons (Fsp3) is 0.381. The Hall–Kier alpha value is -3.34. The molecule has 2 aliphatic heterocycles. The number of benzene rings is 5. The molecule has 0 saturated carbocycles. The highest BCUT2D eigenvalue weighted by Gasteiger charge is 2.23. The highest BCUT2D eigenvalue weighted by molar-refractivity contribution is 7.33. The Labute approximate surface area is 280 Å². The number of hydrogen-bond acceptors (Lipinski definition) is 4. The lowest BCUT2D eigenvalue weighted by Crippen LogP contribution is -2.35. The van der Waals surface area contributed by atoms with E-state index >= 15 is 0 Å². The molecule has 4 heteroatoms. The number of piperidine rings is 2. The zero-order valence-electron chi connectivity index (χ0n) is 27.6. The minimum Gasteiger partial charge on any atom is -0.371 e. The second-order valence-corrected chi connectivity index (χ2v) is 17.0. The van der Waals surface area contributed by atoms with Crippen molar-refractivity contribution in [3.8, 4) is 0 Å². The smallest absolute Gasteiger partial charge is 0.0534 e. The van der Waals surface area contributed by atoms with Crippen molar-refractivity contribution in [3.63, 3.8) is 0 Å². The number of anilines is 2. The molecule has 2 aliphatic rings. The van der Waals surface area contributed by atoms with Gasteiger partial charge in [-0.25, -0.2) is 0 Å². The molecule has 0 radical (unpaired) electrons. The summed E-state index contributed by atoms with van der Waals surface area (Å²) in [7, 11) is 0. The monoisotopic (exact) mass is 640 g/mol. The van der Waals surface area contributed by atoms with E-state index in [1.54, 1.807) is 0 Å². The van der Waals surface area contributed by atoms with Gasteiger partial charge in [0.15, 0.2) is 0 Å². The van der Waals surface area contributed by atoms with Gasteiger partial charge in [0.25, 0.3) is 0 Å². The Bertz CT molecular complexity index is 2090. The first kappa shape index (κ1) is 28.8. The molecule has 2 fully saturated rings.